The molecule has 4 aromatic rings. The highest BCUT2D eigenvalue weighted by Crippen LogP contribution is 2.34. The number of carbonyl (C=O) groups excluding carboxylic acids is 2. The third kappa shape index (κ3) is 3.75. The molecule has 2 aromatic heterocycles. The van der Waals surface area contributed by atoms with Crippen LogP contribution in [0.2, 0.25) is 0 Å². The first-order chi connectivity index (χ1) is 15.9. The molecule has 12 heteroatoms. The average molecular weight is 454 g/mol. The number of anilines is 1. The van der Waals surface area contributed by atoms with Gasteiger partial charge < -0.3 is 19.4 Å². The van der Waals surface area contributed by atoms with Crippen molar-refractivity contribution in [2.75, 3.05) is 18.6 Å². The van der Waals surface area contributed by atoms with E-state index in [1.54, 1.807) is 19.2 Å². The van der Waals surface area contributed by atoms with E-state index in [9.17, 15) is 18.4 Å². The molecule has 2 N–H and O–H groups in total. The molecule has 2 aromatic carbocycles. The number of oxazole rings is 1. The number of hydrogen-bond donors (Lipinski definition) is 2. The maximum Gasteiger partial charge on any atom is 0.291 e. The average Bonchev–Trinajstić information content (AvgIpc) is 3.44. The van der Waals surface area contributed by atoms with Crippen molar-refractivity contribution in [3.05, 3.63) is 65.6 Å². The largest absolute Gasteiger partial charge is 0.489 e. The number of ether oxygens (including phenoxy) is 1. The molecule has 0 bridgehead atoms. The molecule has 1 aliphatic heterocycles. The van der Waals surface area contributed by atoms with Crippen molar-refractivity contribution in [3.8, 4) is 5.75 Å². The third-order valence-electron chi connectivity index (χ3n) is 5.25. The van der Waals surface area contributed by atoms with E-state index in [-0.39, 0.29) is 30.2 Å². The van der Waals surface area contributed by atoms with Crippen LogP contribution in [0.15, 0.2) is 41.1 Å². The molecule has 0 aliphatic carbocycles. The lowest BCUT2D eigenvalue weighted by Crippen LogP contribution is -2.49. The highest BCUT2D eigenvalue weighted by atomic mass is 19.1. The van der Waals surface area contributed by atoms with Crippen molar-refractivity contribution in [1.29, 1.82) is 0 Å². The molecule has 5 rings (SSSR count). The number of aromatic nitrogens is 4. The molecule has 10 nitrogen and oxygen atoms in total. The summed E-state index contributed by atoms with van der Waals surface area (Å²) in [6.45, 7) is -0.136. The van der Waals surface area contributed by atoms with Crippen LogP contribution in [0.3, 0.4) is 0 Å². The monoisotopic (exact) mass is 454 g/mol. The van der Waals surface area contributed by atoms with Gasteiger partial charge in [0, 0.05) is 31.2 Å². The van der Waals surface area contributed by atoms with Gasteiger partial charge in [0.1, 0.15) is 41.4 Å². The number of carbonyl (C=O) groups is 2. The summed E-state index contributed by atoms with van der Waals surface area (Å²) in [5, 5.41) is 8.82. The van der Waals surface area contributed by atoms with Crippen LogP contribution in [0.4, 0.5) is 14.5 Å². The van der Waals surface area contributed by atoms with E-state index >= 15 is 0 Å². The number of H-pyrrole nitrogens is 1. The van der Waals surface area contributed by atoms with Crippen molar-refractivity contribution >= 4 is 28.6 Å². The third-order valence-corrected chi connectivity index (χ3v) is 5.25. The molecule has 2 amide bonds. The highest BCUT2D eigenvalue weighted by molar-refractivity contribution is 6.03. The fourth-order valence-corrected chi connectivity index (χ4v) is 3.52. The lowest BCUT2D eigenvalue weighted by atomic mass is 10.1. The molecule has 1 aliphatic rings. The first kappa shape index (κ1) is 20.5. The molecule has 0 unspecified atom stereocenters. The molecule has 1 atom stereocenters. The second-order valence-electron chi connectivity index (χ2n) is 7.36. The van der Waals surface area contributed by atoms with Crippen molar-refractivity contribution < 1.29 is 27.5 Å². The first-order valence-corrected chi connectivity index (χ1v) is 9.83. The predicted molar refractivity (Wildman–Crippen MR) is 110 cm³/mol. The Morgan fingerprint density at radius 1 is 1.30 bits per heavy atom. The van der Waals surface area contributed by atoms with Crippen LogP contribution < -0.4 is 15.0 Å². The number of rotatable bonds is 4. The van der Waals surface area contributed by atoms with Gasteiger partial charge in [-0.05, 0) is 12.1 Å². The fraction of sp³-hybridized carbons (Fsp3) is 0.190. The van der Waals surface area contributed by atoms with Gasteiger partial charge >= 0.3 is 0 Å². The summed E-state index contributed by atoms with van der Waals surface area (Å²) in [4.78, 5) is 35.0. The van der Waals surface area contributed by atoms with Gasteiger partial charge in [0.25, 0.3) is 11.8 Å². The Morgan fingerprint density at radius 3 is 2.88 bits per heavy atom. The number of fused-ring (bicyclic) bond motifs is 2. The van der Waals surface area contributed by atoms with E-state index in [2.05, 4.69) is 25.5 Å². The Bertz CT molecular complexity index is 1360. The number of halogens is 2. The van der Waals surface area contributed by atoms with E-state index in [0.29, 0.717) is 22.5 Å². The maximum atomic E-state index is 13.9. The highest BCUT2D eigenvalue weighted by Gasteiger charge is 2.32. The summed E-state index contributed by atoms with van der Waals surface area (Å²) >= 11 is 0. The molecule has 3 heterocycles. The molecule has 0 fully saturated rings. The second kappa shape index (κ2) is 7.97. The quantitative estimate of drug-likeness (QED) is 0.483. The number of benzene rings is 2. The van der Waals surface area contributed by atoms with Gasteiger partial charge in [0.15, 0.2) is 12.0 Å². The summed E-state index contributed by atoms with van der Waals surface area (Å²) in [7, 11) is 1.55. The lowest BCUT2D eigenvalue weighted by molar-refractivity contribution is -0.120. The van der Waals surface area contributed by atoms with Crippen molar-refractivity contribution in [2.24, 2.45) is 0 Å². The van der Waals surface area contributed by atoms with Gasteiger partial charge in [0.05, 0.1) is 5.69 Å². The normalized spacial score (nSPS) is 15.8. The van der Waals surface area contributed by atoms with Crippen LogP contribution in [0.25, 0.3) is 11.1 Å². The number of hydrogen-bond acceptors (Lipinski definition) is 7. The van der Waals surface area contributed by atoms with E-state index < -0.39 is 29.5 Å². The summed E-state index contributed by atoms with van der Waals surface area (Å²) in [6, 6.07) is 5.75. The molecular weight excluding hydrogens is 438 g/mol. The Kier molecular flexibility index (Phi) is 4.96. The standard InChI is InChI=1S/C21H16F2N6O4/c1-29-15-7-16-13(24-9-33-16)6-17(15)32-8-14(21(29)31)25-20(30)19-26-18(27-28-19)5-10-11(22)3-2-4-12(10)23/h2-4,6-7,9,14H,5,8H2,1H3,(H,25,30)(H,26,27,28)/t14-/m0/s1. The topological polar surface area (TPSA) is 126 Å². The molecule has 0 saturated heterocycles. The first-order valence-electron chi connectivity index (χ1n) is 9.83. The Balaban J connectivity index is 1.31. The molecular formula is C21H16F2N6O4. The summed E-state index contributed by atoms with van der Waals surface area (Å²) in [6.07, 6.45) is 1.07. The zero-order valence-electron chi connectivity index (χ0n) is 17.1. The van der Waals surface area contributed by atoms with Crippen molar-refractivity contribution in [2.45, 2.75) is 12.5 Å². The molecule has 0 spiro atoms. The van der Waals surface area contributed by atoms with Gasteiger partial charge in [-0.1, -0.05) is 6.07 Å². The Hall–Kier alpha value is -4.35. The van der Waals surface area contributed by atoms with Crippen molar-refractivity contribution in [1.82, 2.24) is 25.5 Å². The Labute approximate surface area is 184 Å². The predicted octanol–water partition coefficient (Wildman–Crippen LogP) is 1.97. The van der Waals surface area contributed by atoms with Gasteiger partial charge in [-0.25, -0.2) is 18.7 Å². The molecule has 33 heavy (non-hydrogen) atoms. The van der Waals surface area contributed by atoms with Crippen LogP contribution >= 0.6 is 0 Å². The van der Waals surface area contributed by atoms with E-state index in [4.69, 9.17) is 9.15 Å². The number of amides is 2. The second-order valence-corrected chi connectivity index (χ2v) is 7.36. The summed E-state index contributed by atoms with van der Waals surface area (Å²) in [5.41, 5.74) is 1.32. The van der Waals surface area contributed by atoms with E-state index in [1.807, 2.05) is 0 Å². The lowest BCUT2D eigenvalue weighted by Gasteiger charge is -2.19. The summed E-state index contributed by atoms with van der Waals surface area (Å²) < 4.78 is 38.7. The number of likely N-dealkylation sites (N-methyl/N-ethyl adjacent to an activating group) is 1. The minimum absolute atomic E-state index is 0.0900. The van der Waals surface area contributed by atoms with Crippen molar-refractivity contribution in [3.63, 3.8) is 0 Å². The molecule has 0 saturated carbocycles. The number of aromatic amines is 1. The van der Waals surface area contributed by atoms with Crippen LogP contribution in [-0.4, -0.2) is 51.7 Å². The van der Waals surface area contributed by atoms with Gasteiger partial charge in [-0.15, -0.1) is 5.10 Å². The van der Waals surface area contributed by atoms with Crippen LogP contribution in [0.5, 0.6) is 5.75 Å². The van der Waals surface area contributed by atoms with Crippen LogP contribution in [-0.2, 0) is 11.2 Å². The number of nitrogens with one attached hydrogen (secondary N) is 2. The smallest absolute Gasteiger partial charge is 0.291 e. The van der Waals surface area contributed by atoms with E-state index in [0.717, 1.165) is 12.1 Å². The van der Waals surface area contributed by atoms with Gasteiger partial charge in [0.2, 0.25) is 5.82 Å². The molecule has 0 radical (unpaired) electrons. The summed E-state index contributed by atoms with van der Waals surface area (Å²) in [5.74, 6) is -2.41. The van der Waals surface area contributed by atoms with Gasteiger partial charge in [-0.3, -0.25) is 14.7 Å². The SMILES string of the molecule is CN1C(=O)[C@@H](NC(=O)c2n[nH]c(Cc3c(F)cccc3F)n2)COc2cc3ncoc3cc21. The zero-order chi connectivity index (χ0) is 23.1. The molecule has 168 valence electrons. The zero-order valence-corrected chi connectivity index (χ0v) is 17.1. The van der Waals surface area contributed by atoms with Crippen LogP contribution in [0.1, 0.15) is 22.0 Å². The number of nitrogens with zero attached hydrogens (tertiary/aromatic N) is 4. The fourth-order valence-electron chi connectivity index (χ4n) is 3.52. The van der Waals surface area contributed by atoms with E-state index in [1.165, 1.54) is 17.4 Å². The Morgan fingerprint density at radius 2 is 2.09 bits per heavy atom. The van der Waals surface area contributed by atoms with Gasteiger partial charge in [-0.2, -0.15) is 0 Å². The van der Waals surface area contributed by atoms with Crippen LogP contribution in [0, 0.1) is 11.6 Å². The minimum atomic E-state index is -1.03. The maximum absolute atomic E-state index is 13.9. The minimum Gasteiger partial charge on any atom is -0.489 e.